The minimum absolute atomic E-state index is 0.0141. The van der Waals surface area contributed by atoms with Gasteiger partial charge in [0, 0.05) is 44.7 Å². The summed E-state index contributed by atoms with van der Waals surface area (Å²) in [6.07, 6.45) is 1.72. The number of piperazine rings is 1. The first-order chi connectivity index (χ1) is 11.7. The molecule has 128 valence electrons. The Bertz CT molecular complexity index is 729. The van der Waals surface area contributed by atoms with E-state index >= 15 is 0 Å². The third-order valence-electron chi connectivity index (χ3n) is 4.58. The molecule has 1 aromatic carbocycles. The van der Waals surface area contributed by atoms with Crippen LogP contribution in [0.1, 0.15) is 24.2 Å². The number of aromatic amines is 1. The van der Waals surface area contributed by atoms with Crippen LogP contribution in [0.15, 0.2) is 24.4 Å². The molecule has 1 aliphatic rings. The Labute approximate surface area is 141 Å². The summed E-state index contributed by atoms with van der Waals surface area (Å²) in [6, 6.07) is 5.67. The van der Waals surface area contributed by atoms with Crippen LogP contribution in [0.25, 0.3) is 10.9 Å². The van der Waals surface area contributed by atoms with Crippen LogP contribution < -0.4 is 0 Å². The molecule has 1 fully saturated rings. The molecule has 0 unspecified atom stereocenters. The van der Waals surface area contributed by atoms with Crippen LogP contribution in [0.2, 0.25) is 0 Å². The van der Waals surface area contributed by atoms with Crippen LogP contribution >= 0.6 is 0 Å². The van der Waals surface area contributed by atoms with E-state index in [4.69, 9.17) is 0 Å². The SMILES string of the molecule is CCN(CC)C(=O)N1CCN(C(=O)c2cccc3cn[nH]c23)CC1. The molecule has 2 aromatic rings. The lowest BCUT2D eigenvalue weighted by Crippen LogP contribution is -2.54. The normalized spacial score (nSPS) is 14.9. The third kappa shape index (κ3) is 2.93. The number of hydrogen-bond donors (Lipinski definition) is 1. The lowest BCUT2D eigenvalue weighted by Gasteiger charge is -2.37. The zero-order chi connectivity index (χ0) is 17.1. The van der Waals surface area contributed by atoms with Gasteiger partial charge in [-0.25, -0.2) is 4.79 Å². The highest BCUT2D eigenvalue weighted by Gasteiger charge is 2.27. The van der Waals surface area contributed by atoms with Crippen molar-refractivity contribution in [3.05, 3.63) is 30.0 Å². The summed E-state index contributed by atoms with van der Waals surface area (Å²) in [6.45, 7) is 7.61. The highest BCUT2D eigenvalue weighted by Crippen LogP contribution is 2.18. The average Bonchev–Trinajstić information content (AvgIpc) is 3.11. The number of amides is 3. The standard InChI is InChI=1S/C17H23N5O2/c1-3-20(4-2)17(24)22-10-8-21(9-11-22)16(23)14-7-5-6-13-12-18-19-15(13)14/h5-7,12H,3-4,8-11H2,1-2H3,(H,18,19). The van der Waals surface area contributed by atoms with Gasteiger partial charge in [0.25, 0.3) is 5.91 Å². The Balaban J connectivity index is 1.67. The fourth-order valence-corrected chi connectivity index (χ4v) is 3.11. The fourth-order valence-electron chi connectivity index (χ4n) is 3.11. The Morgan fingerprint density at radius 2 is 1.79 bits per heavy atom. The first kappa shape index (κ1) is 16.3. The molecule has 1 aromatic heterocycles. The van der Waals surface area contributed by atoms with Gasteiger partial charge in [0.05, 0.1) is 17.3 Å². The minimum atomic E-state index is -0.0141. The number of nitrogens with zero attached hydrogens (tertiary/aromatic N) is 4. The van der Waals surface area contributed by atoms with Crippen LogP contribution in [0.3, 0.4) is 0 Å². The van der Waals surface area contributed by atoms with E-state index in [1.165, 1.54) is 0 Å². The number of rotatable bonds is 3. The monoisotopic (exact) mass is 329 g/mol. The van der Waals surface area contributed by atoms with Gasteiger partial charge in [-0.15, -0.1) is 0 Å². The largest absolute Gasteiger partial charge is 0.335 e. The van der Waals surface area contributed by atoms with Crippen LogP contribution in [0, 0.1) is 0 Å². The number of nitrogens with one attached hydrogen (secondary N) is 1. The van der Waals surface area contributed by atoms with E-state index < -0.39 is 0 Å². The van der Waals surface area contributed by atoms with Crippen molar-refractivity contribution in [2.24, 2.45) is 0 Å². The zero-order valence-corrected chi connectivity index (χ0v) is 14.2. The molecular weight excluding hydrogens is 306 g/mol. The van der Waals surface area contributed by atoms with E-state index in [1.54, 1.807) is 6.20 Å². The van der Waals surface area contributed by atoms with Gasteiger partial charge in [-0.05, 0) is 19.9 Å². The molecule has 24 heavy (non-hydrogen) atoms. The van der Waals surface area contributed by atoms with Gasteiger partial charge in [0.1, 0.15) is 0 Å². The highest BCUT2D eigenvalue weighted by molar-refractivity contribution is 6.05. The van der Waals surface area contributed by atoms with E-state index in [1.807, 2.05) is 46.7 Å². The molecule has 3 amide bonds. The molecule has 1 aliphatic heterocycles. The topological polar surface area (TPSA) is 72.5 Å². The van der Waals surface area contributed by atoms with Crippen molar-refractivity contribution in [2.45, 2.75) is 13.8 Å². The lowest BCUT2D eigenvalue weighted by atomic mass is 10.1. The van der Waals surface area contributed by atoms with E-state index in [0.717, 1.165) is 10.9 Å². The van der Waals surface area contributed by atoms with Crippen molar-refractivity contribution < 1.29 is 9.59 Å². The van der Waals surface area contributed by atoms with Gasteiger partial charge in [-0.2, -0.15) is 5.10 Å². The molecule has 0 radical (unpaired) electrons. The zero-order valence-electron chi connectivity index (χ0n) is 14.2. The predicted molar refractivity (Wildman–Crippen MR) is 91.9 cm³/mol. The van der Waals surface area contributed by atoms with Crippen LogP contribution in [0.5, 0.6) is 0 Å². The summed E-state index contributed by atoms with van der Waals surface area (Å²) in [4.78, 5) is 30.6. The van der Waals surface area contributed by atoms with Gasteiger partial charge in [0.2, 0.25) is 0 Å². The van der Waals surface area contributed by atoms with E-state index in [2.05, 4.69) is 10.2 Å². The molecule has 0 bridgehead atoms. The highest BCUT2D eigenvalue weighted by atomic mass is 16.2. The van der Waals surface area contributed by atoms with Crippen LogP contribution in [-0.4, -0.2) is 76.1 Å². The van der Waals surface area contributed by atoms with Crippen molar-refractivity contribution in [1.82, 2.24) is 24.9 Å². The third-order valence-corrected chi connectivity index (χ3v) is 4.58. The summed E-state index contributed by atoms with van der Waals surface area (Å²) in [5.74, 6) is -0.0141. The average molecular weight is 329 g/mol. The van der Waals surface area contributed by atoms with Crippen molar-refractivity contribution in [1.29, 1.82) is 0 Å². The molecule has 7 heteroatoms. The molecule has 0 aliphatic carbocycles. The first-order valence-corrected chi connectivity index (χ1v) is 8.41. The van der Waals surface area contributed by atoms with Crippen molar-refractivity contribution >= 4 is 22.8 Å². The van der Waals surface area contributed by atoms with Crippen molar-refractivity contribution in [3.8, 4) is 0 Å². The molecule has 0 atom stereocenters. The number of H-pyrrole nitrogens is 1. The Hall–Kier alpha value is -2.57. The van der Waals surface area contributed by atoms with Crippen molar-refractivity contribution in [3.63, 3.8) is 0 Å². The van der Waals surface area contributed by atoms with E-state index in [-0.39, 0.29) is 11.9 Å². The van der Waals surface area contributed by atoms with E-state index in [9.17, 15) is 9.59 Å². The second kappa shape index (κ2) is 6.90. The van der Waals surface area contributed by atoms with Gasteiger partial charge < -0.3 is 14.7 Å². The second-order valence-electron chi connectivity index (χ2n) is 5.87. The quantitative estimate of drug-likeness (QED) is 0.933. The van der Waals surface area contributed by atoms with Gasteiger partial charge in [-0.3, -0.25) is 9.89 Å². The molecule has 0 saturated carbocycles. The number of fused-ring (bicyclic) bond motifs is 1. The molecule has 0 spiro atoms. The summed E-state index contributed by atoms with van der Waals surface area (Å²) >= 11 is 0. The molecule has 1 saturated heterocycles. The van der Waals surface area contributed by atoms with E-state index in [0.29, 0.717) is 44.8 Å². The summed E-state index contributed by atoms with van der Waals surface area (Å²) in [7, 11) is 0. The molecule has 3 rings (SSSR count). The smallest absolute Gasteiger partial charge is 0.320 e. The molecule has 7 nitrogen and oxygen atoms in total. The summed E-state index contributed by atoms with van der Waals surface area (Å²) in [5.41, 5.74) is 1.40. The number of aromatic nitrogens is 2. The second-order valence-corrected chi connectivity index (χ2v) is 5.87. The number of urea groups is 1. The van der Waals surface area contributed by atoms with Crippen LogP contribution in [-0.2, 0) is 0 Å². The molecule has 1 N–H and O–H groups in total. The molecular formula is C17H23N5O2. The lowest BCUT2D eigenvalue weighted by molar-refractivity contribution is 0.0643. The summed E-state index contributed by atoms with van der Waals surface area (Å²) in [5, 5.41) is 7.83. The van der Waals surface area contributed by atoms with Gasteiger partial charge >= 0.3 is 6.03 Å². The maximum absolute atomic E-state index is 12.8. The van der Waals surface area contributed by atoms with Gasteiger partial charge in [0.15, 0.2) is 0 Å². The Morgan fingerprint density at radius 1 is 1.12 bits per heavy atom. The fraction of sp³-hybridized carbons (Fsp3) is 0.471. The maximum Gasteiger partial charge on any atom is 0.320 e. The number of carbonyl (C=O) groups is 2. The number of hydrogen-bond acceptors (Lipinski definition) is 3. The minimum Gasteiger partial charge on any atom is -0.335 e. The predicted octanol–water partition coefficient (Wildman–Crippen LogP) is 1.78. The van der Waals surface area contributed by atoms with Gasteiger partial charge in [-0.1, -0.05) is 12.1 Å². The van der Waals surface area contributed by atoms with Crippen LogP contribution in [0.4, 0.5) is 4.79 Å². The number of benzene rings is 1. The van der Waals surface area contributed by atoms with Crippen molar-refractivity contribution in [2.75, 3.05) is 39.3 Å². The maximum atomic E-state index is 12.8. The Kier molecular flexibility index (Phi) is 4.69. The Morgan fingerprint density at radius 3 is 2.46 bits per heavy atom. The summed E-state index contributed by atoms with van der Waals surface area (Å²) < 4.78 is 0. The number of para-hydroxylation sites is 1. The first-order valence-electron chi connectivity index (χ1n) is 8.41. The number of carbonyl (C=O) groups excluding carboxylic acids is 2. The molecule has 2 heterocycles.